The van der Waals surface area contributed by atoms with Crippen molar-refractivity contribution in [3.63, 3.8) is 0 Å². The molecule has 3 nitrogen and oxygen atoms in total. The molecule has 0 aliphatic rings. The monoisotopic (exact) mass is 244 g/mol. The Labute approximate surface area is 108 Å². The summed E-state index contributed by atoms with van der Waals surface area (Å²) in [4.78, 5) is 2.42. The van der Waals surface area contributed by atoms with Crippen LogP contribution in [0.2, 0.25) is 0 Å². The van der Waals surface area contributed by atoms with Crippen molar-refractivity contribution in [2.45, 2.75) is 65.5 Å². The minimum atomic E-state index is -0.243. The standard InChI is InChI=1S/C14H32N2O/c1-5-8-10-16(13(4)7-3)12-14(17)11-15-9-6-2/h13-15,17H,5-12H2,1-4H3. The number of hydrogen-bond acceptors (Lipinski definition) is 3. The lowest BCUT2D eigenvalue weighted by molar-refractivity contribution is 0.0882. The van der Waals surface area contributed by atoms with Crippen LogP contribution >= 0.6 is 0 Å². The van der Waals surface area contributed by atoms with Crippen LogP contribution in [-0.2, 0) is 0 Å². The lowest BCUT2D eigenvalue weighted by atomic mass is 10.1. The molecule has 0 aromatic carbocycles. The number of aliphatic hydroxyl groups excluding tert-OH is 1. The molecule has 0 aliphatic carbocycles. The van der Waals surface area contributed by atoms with E-state index in [9.17, 15) is 5.11 Å². The smallest absolute Gasteiger partial charge is 0.0791 e. The predicted molar refractivity (Wildman–Crippen MR) is 75.4 cm³/mol. The van der Waals surface area contributed by atoms with Gasteiger partial charge in [0.05, 0.1) is 6.10 Å². The van der Waals surface area contributed by atoms with Gasteiger partial charge in [-0.25, -0.2) is 0 Å². The van der Waals surface area contributed by atoms with E-state index in [1.165, 1.54) is 12.8 Å². The fourth-order valence-corrected chi connectivity index (χ4v) is 1.89. The second kappa shape index (κ2) is 11.0. The van der Waals surface area contributed by atoms with Gasteiger partial charge in [0, 0.05) is 19.1 Å². The maximum atomic E-state index is 9.99. The quantitative estimate of drug-likeness (QED) is 0.547. The molecule has 2 unspecified atom stereocenters. The molecule has 0 spiro atoms. The van der Waals surface area contributed by atoms with Gasteiger partial charge < -0.3 is 10.4 Å². The first-order valence-corrected chi connectivity index (χ1v) is 7.28. The number of unbranched alkanes of at least 4 members (excludes halogenated alkanes) is 1. The molecular formula is C14H32N2O. The van der Waals surface area contributed by atoms with Crippen molar-refractivity contribution in [3.05, 3.63) is 0 Å². The molecule has 17 heavy (non-hydrogen) atoms. The first-order chi connectivity index (χ1) is 8.15. The van der Waals surface area contributed by atoms with Crippen molar-refractivity contribution < 1.29 is 5.11 Å². The maximum absolute atomic E-state index is 9.99. The lowest BCUT2D eigenvalue weighted by Gasteiger charge is -2.30. The number of nitrogens with one attached hydrogen (secondary N) is 1. The number of hydrogen-bond donors (Lipinski definition) is 2. The molecule has 0 saturated heterocycles. The van der Waals surface area contributed by atoms with Gasteiger partial charge in [0.15, 0.2) is 0 Å². The highest BCUT2D eigenvalue weighted by atomic mass is 16.3. The summed E-state index contributed by atoms with van der Waals surface area (Å²) >= 11 is 0. The van der Waals surface area contributed by atoms with Gasteiger partial charge in [-0.3, -0.25) is 4.90 Å². The Balaban J connectivity index is 3.94. The minimum Gasteiger partial charge on any atom is -0.390 e. The van der Waals surface area contributed by atoms with Gasteiger partial charge in [-0.15, -0.1) is 0 Å². The Morgan fingerprint density at radius 3 is 2.41 bits per heavy atom. The third-order valence-electron chi connectivity index (χ3n) is 3.27. The summed E-state index contributed by atoms with van der Waals surface area (Å²) in [6.07, 6.45) is 4.47. The third kappa shape index (κ3) is 8.58. The second-order valence-corrected chi connectivity index (χ2v) is 4.96. The minimum absolute atomic E-state index is 0.243. The zero-order chi connectivity index (χ0) is 13.1. The first kappa shape index (κ1) is 16.9. The van der Waals surface area contributed by atoms with Crippen LogP contribution in [0, 0.1) is 0 Å². The molecule has 0 aromatic heterocycles. The molecule has 0 aliphatic heterocycles. The Morgan fingerprint density at radius 2 is 1.88 bits per heavy atom. The van der Waals surface area contributed by atoms with Crippen molar-refractivity contribution in [1.82, 2.24) is 10.2 Å². The molecule has 2 atom stereocenters. The average molecular weight is 244 g/mol. The first-order valence-electron chi connectivity index (χ1n) is 7.28. The van der Waals surface area contributed by atoms with Crippen molar-refractivity contribution >= 4 is 0 Å². The molecule has 0 bridgehead atoms. The molecule has 0 rings (SSSR count). The number of aliphatic hydroxyl groups is 1. The predicted octanol–water partition coefficient (Wildman–Crippen LogP) is 2.25. The van der Waals surface area contributed by atoms with Gasteiger partial charge in [0.2, 0.25) is 0 Å². The van der Waals surface area contributed by atoms with Crippen LogP contribution in [0.15, 0.2) is 0 Å². The largest absolute Gasteiger partial charge is 0.390 e. The van der Waals surface area contributed by atoms with Crippen LogP contribution in [-0.4, -0.2) is 48.3 Å². The van der Waals surface area contributed by atoms with E-state index in [1.54, 1.807) is 0 Å². The third-order valence-corrected chi connectivity index (χ3v) is 3.27. The average Bonchev–Trinajstić information content (AvgIpc) is 2.33. The van der Waals surface area contributed by atoms with Crippen LogP contribution in [0.5, 0.6) is 0 Å². The zero-order valence-electron chi connectivity index (χ0n) is 12.2. The van der Waals surface area contributed by atoms with E-state index in [1.807, 2.05) is 0 Å². The molecule has 0 saturated carbocycles. The number of rotatable bonds is 11. The number of nitrogens with zero attached hydrogens (tertiary/aromatic N) is 1. The van der Waals surface area contributed by atoms with Gasteiger partial charge in [0.25, 0.3) is 0 Å². The van der Waals surface area contributed by atoms with Gasteiger partial charge in [-0.1, -0.05) is 27.2 Å². The highest BCUT2D eigenvalue weighted by Crippen LogP contribution is 2.06. The maximum Gasteiger partial charge on any atom is 0.0791 e. The molecule has 0 aromatic rings. The Hall–Kier alpha value is -0.120. The van der Waals surface area contributed by atoms with Gasteiger partial charge >= 0.3 is 0 Å². The van der Waals surface area contributed by atoms with E-state index >= 15 is 0 Å². The summed E-state index contributed by atoms with van der Waals surface area (Å²) in [7, 11) is 0. The Kier molecular flexibility index (Phi) is 10.9. The molecule has 0 fully saturated rings. The molecule has 2 N–H and O–H groups in total. The molecule has 104 valence electrons. The van der Waals surface area contributed by atoms with Gasteiger partial charge in [0.1, 0.15) is 0 Å². The van der Waals surface area contributed by atoms with Crippen LogP contribution in [0.1, 0.15) is 53.4 Å². The second-order valence-electron chi connectivity index (χ2n) is 4.96. The van der Waals surface area contributed by atoms with Gasteiger partial charge in [-0.2, -0.15) is 0 Å². The highest BCUT2D eigenvalue weighted by Gasteiger charge is 2.15. The Morgan fingerprint density at radius 1 is 1.18 bits per heavy atom. The van der Waals surface area contributed by atoms with Crippen molar-refractivity contribution in [1.29, 1.82) is 0 Å². The summed E-state index contributed by atoms with van der Waals surface area (Å²) in [5.74, 6) is 0. The van der Waals surface area contributed by atoms with E-state index in [2.05, 4.69) is 37.9 Å². The highest BCUT2D eigenvalue weighted by molar-refractivity contribution is 4.71. The van der Waals surface area contributed by atoms with Crippen LogP contribution < -0.4 is 5.32 Å². The topological polar surface area (TPSA) is 35.5 Å². The SMILES string of the molecule is CCCCN(CC(O)CNCCC)C(C)CC. The van der Waals surface area contributed by atoms with Crippen molar-refractivity contribution in [2.75, 3.05) is 26.2 Å². The summed E-state index contributed by atoms with van der Waals surface area (Å²) in [6.45, 7) is 12.4. The zero-order valence-corrected chi connectivity index (χ0v) is 12.2. The van der Waals surface area contributed by atoms with E-state index in [0.717, 1.165) is 32.5 Å². The fourth-order valence-electron chi connectivity index (χ4n) is 1.89. The van der Waals surface area contributed by atoms with Crippen LogP contribution in [0.25, 0.3) is 0 Å². The molecule has 0 amide bonds. The van der Waals surface area contributed by atoms with E-state index in [-0.39, 0.29) is 6.10 Å². The van der Waals surface area contributed by atoms with Gasteiger partial charge in [-0.05, 0) is 39.3 Å². The van der Waals surface area contributed by atoms with Crippen LogP contribution in [0.4, 0.5) is 0 Å². The summed E-state index contributed by atoms with van der Waals surface area (Å²) in [5.41, 5.74) is 0. The molecular weight excluding hydrogens is 212 g/mol. The van der Waals surface area contributed by atoms with E-state index < -0.39 is 0 Å². The summed E-state index contributed by atoms with van der Waals surface area (Å²) < 4.78 is 0. The molecule has 0 radical (unpaired) electrons. The van der Waals surface area contributed by atoms with E-state index in [4.69, 9.17) is 0 Å². The lowest BCUT2D eigenvalue weighted by Crippen LogP contribution is -2.43. The Bertz CT molecular complexity index is 164. The summed E-state index contributed by atoms with van der Waals surface area (Å²) in [6, 6.07) is 0.572. The van der Waals surface area contributed by atoms with Crippen molar-refractivity contribution in [3.8, 4) is 0 Å². The van der Waals surface area contributed by atoms with Crippen molar-refractivity contribution in [2.24, 2.45) is 0 Å². The van der Waals surface area contributed by atoms with E-state index in [0.29, 0.717) is 12.6 Å². The normalized spacial score (nSPS) is 15.2. The fraction of sp³-hybridized carbons (Fsp3) is 1.00. The molecule has 3 heteroatoms. The molecule has 0 heterocycles. The van der Waals surface area contributed by atoms with Crippen LogP contribution in [0.3, 0.4) is 0 Å². The summed E-state index contributed by atoms with van der Waals surface area (Å²) in [5, 5.41) is 13.3.